The third kappa shape index (κ3) is 5.44. The molecule has 7 nitrogen and oxygen atoms in total. The molecule has 1 heterocycles. The molecule has 3 rings (SSSR count). The van der Waals surface area contributed by atoms with Crippen LogP contribution in [0.4, 0.5) is 11.4 Å². The minimum atomic E-state index is -3.30. The van der Waals surface area contributed by atoms with Crippen molar-refractivity contribution in [1.82, 2.24) is 4.72 Å². The van der Waals surface area contributed by atoms with E-state index in [1.165, 1.54) is 4.31 Å². The number of hydrogen-bond acceptors (Lipinski definition) is 5. The molecular weight excluding hydrogens is 410 g/mol. The number of nitrogens with zero attached hydrogens (tertiary/aromatic N) is 1. The molecule has 1 saturated heterocycles. The Balaban J connectivity index is 1.46. The normalized spacial score (nSPS) is 25.1. The summed E-state index contributed by atoms with van der Waals surface area (Å²) in [6.45, 7) is 6.54. The number of nitrogens with one attached hydrogen (secondary N) is 2. The van der Waals surface area contributed by atoms with Crippen molar-refractivity contribution >= 4 is 31.4 Å². The molecule has 2 N–H and O–H groups in total. The maximum Gasteiger partial charge on any atom is 0.235 e. The third-order valence-electron chi connectivity index (χ3n) is 5.82. The van der Waals surface area contributed by atoms with Gasteiger partial charge in [0.15, 0.2) is 0 Å². The number of sulfonamides is 2. The van der Waals surface area contributed by atoms with Crippen LogP contribution in [0.15, 0.2) is 24.3 Å². The minimum absolute atomic E-state index is 0.0252. The predicted molar refractivity (Wildman–Crippen MR) is 118 cm³/mol. The first-order valence-electron chi connectivity index (χ1n) is 10.3. The van der Waals surface area contributed by atoms with Crippen LogP contribution in [0.3, 0.4) is 0 Å². The molecule has 0 spiro atoms. The Morgan fingerprint density at radius 3 is 2.21 bits per heavy atom. The minimum Gasteiger partial charge on any atom is -0.385 e. The highest BCUT2D eigenvalue weighted by molar-refractivity contribution is 7.93. The first kappa shape index (κ1) is 22.4. The molecule has 164 valence electrons. The standard InChI is InChI=1S/C20H33N3O4S2/c1-20(2,3)29(26,27)22-18-7-5-16(6-8-18)15-21-17-9-11-19(12-10-17)23-13-4-14-28(23,24)25/h9-12,16,18,21-22H,4-8,13-15H2,1-3H3. The van der Waals surface area contributed by atoms with Gasteiger partial charge in [0.1, 0.15) is 0 Å². The Kier molecular flexibility index (Phi) is 6.50. The second-order valence-electron chi connectivity index (χ2n) is 9.12. The quantitative estimate of drug-likeness (QED) is 0.705. The van der Waals surface area contributed by atoms with Gasteiger partial charge in [-0.25, -0.2) is 21.6 Å². The molecule has 0 bridgehead atoms. The number of benzene rings is 1. The fraction of sp³-hybridized carbons (Fsp3) is 0.700. The summed E-state index contributed by atoms with van der Waals surface area (Å²) >= 11 is 0. The van der Waals surface area contributed by atoms with E-state index in [0.29, 0.717) is 18.9 Å². The molecule has 1 aliphatic heterocycles. The van der Waals surface area contributed by atoms with Crippen LogP contribution in [0.1, 0.15) is 52.9 Å². The average Bonchev–Trinajstić information content (AvgIpc) is 2.99. The summed E-state index contributed by atoms with van der Waals surface area (Å²) < 4.78 is 52.2. The molecule has 1 aliphatic carbocycles. The molecule has 9 heteroatoms. The third-order valence-corrected chi connectivity index (χ3v) is 9.95. The van der Waals surface area contributed by atoms with Crippen LogP contribution in [0.2, 0.25) is 0 Å². The van der Waals surface area contributed by atoms with Crippen LogP contribution >= 0.6 is 0 Å². The smallest absolute Gasteiger partial charge is 0.235 e. The number of hydrogen-bond donors (Lipinski definition) is 2. The van der Waals surface area contributed by atoms with E-state index in [0.717, 1.165) is 43.6 Å². The van der Waals surface area contributed by atoms with Crippen LogP contribution in [0, 0.1) is 5.92 Å². The van der Waals surface area contributed by atoms with Crippen molar-refractivity contribution in [3.63, 3.8) is 0 Å². The van der Waals surface area contributed by atoms with Crippen molar-refractivity contribution in [3.05, 3.63) is 24.3 Å². The summed E-state index contributed by atoms with van der Waals surface area (Å²) in [7, 11) is -6.45. The lowest BCUT2D eigenvalue weighted by Gasteiger charge is -2.31. The van der Waals surface area contributed by atoms with Gasteiger partial charge in [-0.1, -0.05) is 0 Å². The van der Waals surface area contributed by atoms with Crippen LogP contribution in [0.25, 0.3) is 0 Å². The highest BCUT2D eigenvalue weighted by Crippen LogP contribution is 2.28. The van der Waals surface area contributed by atoms with Crippen molar-refractivity contribution < 1.29 is 16.8 Å². The SMILES string of the molecule is CC(C)(C)S(=O)(=O)NC1CCC(CNc2ccc(N3CCCS3(=O)=O)cc2)CC1. The van der Waals surface area contributed by atoms with Gasteiger partial charge in [0.2, 0.25) is 20.0 Å². The molecule has 2 aliphatic rings. The van der Waals surface area contributed by atoms with Gasteiger partial charge in [0.05, 0.1) is 16.2 Å². The van der Waals surface area contributed by atoms with Crippen LogP contribution < -0.4 is 14.3 Å². The second-order valence-corrected chi connectivity index (χ2v) is 13.6. The van der Waals surface area contributed by atoms with Crippen molar-refractivity contribution in [3.8, 4) is 0 Å². The topological polar surface area (TPSA) is 95.6 Å². The maximum absolute atomic E-state index is 12.3. The molecular formula is C20H33N3O4S2. The average molecular weight is 444 g/mol. The first-order chi connectivity index (χ1) is 13.5. The molecule has 0 unspecified atom stereocenters. The molecule has 1 aromatic rings. The zero-order valence-corrected chi connectivity index (χ0v) is 19.2. The van der Waals surface area contributed by atoms with Crippen molar-refractivity contribution in [1.29, 1.82) is 0 Å². The van der Waals surface area contributed by atoms with E-state index in [2.05, 4.69) is 10.0 Å². The lowest BCUT2D eigenvalue weighted by molar-refractivity contribution is 0.322. The largest absolute Gasteiger partial charge is 0.385 e. The Bertz CT molecular complexity index is 898. The zero-order valence-electron chi connectivity index (χ0n) is 17.5. The summed E-state index contributed by atoms with van der Waals surface area (Å²) in [5.74, 6) is 0.728. The van der Waals surface area contributed by atoms with Gasteiger partial charge in [-0.15, -0.1) is 0 Å². The summed E-state index contributed by atoms with van der Waals surface area (Å²) in [5, 5.41) is 3.43. The highest BCUT2D eigenvalue weighted by Gasteiger charge is 2.33. The van der Waals surface area contributed by atoms with E-state index < -0.39 is 24.8 Å². The Morgan fingerprint density at radius 1 is 1.07 bits per heavy atom. The lowest BCUT2D eigenvalue weighted by atomic mass is 9.86. The fourth-order valence-corrected chi connectivity index (χ4v) is 6.41. The maximum atomic E-state index is 12.3. The van der Waals surface area contributed by atoms with Crippen molar-refractivity contribution in [2.24, 2.45) is 5.92 Å². The van der Waals surface area contributed by atoms with Gasteiger partial charge in [-0.2, -0.15) is 0 Å². The van der Waals surface area contributed by atoms with Gasteiger partial charge in [0.25, 0.3) is 0 Å². The molecule has 1 saturated carbocycles. The molecule has 0 atom stereocenters. The number of rotatable bonds is 6. The first-order valence-corrected chi connectivity index (χ1v) is 13.4. The van der Waals surface area contributed by atoms with Gasteiger partial charge in [-0.05, 0) is 83.1 Å². The van der Waals surface area contributed by atoms with Gasteiger partial charge in [-0.3, -0.25) is 4.31 Å². The van der Waals surface area contributed by atoms with Crippen LogP contribution in [0.5, 0.6) is 0 Å². The monoisotopic (exact) mass is 443 g/mol. The lowest BCUT2D eigenvalue weighted by Crippen LogP contribution is -2.46. The second kappa shape index (κ2) is 8.43. The molecule has 2 fully saturated rings. The number of anilines is 2. The molecule has 29 heavy (non-hydrogen) atoms. The van der Waals surface area contributed by atoms with Crippen molar-refractivity contribution in [2.45, 2.75) is 63.7 Å². The Labute approximate surface area is 175 Å². The summed E-state index contributed by atoms with van der Waals surface area (Å²) in [4.78, 5) is 0. The highest BCUT2D eigenvalue weighted by atomic mass is 32.2. The van der Waals surface area contributed by atoms with Gasteiger partial charge < -0.3 is 5.32 Å². The van der Waals surface area contributed by atoms with Crippen molar-refractivity contribution in [2.75, 3.05) is 28.5 Å². The van der Waals surface area contributed by atoms with Crippen LogP contribution in [-0.4, -0.2) is 46.5 Å². The zero-order chi connectivity index (χ0) is 21.3. The molecule has 1 aromatic carbocycles. The molecule has 0 aromatic heterocycles. The van der Waals surface area contributed by atoms with E-state index in [1.807, 2.05) is 24.3 Å². The van der Waals surface area contributed by atoms with E-state index in [4.69, 9.17) is 0 Å². The Morgan fingerprint density at radius 2 is 1.69 bits per heavy atom. The summed E-state index contributed by atoms with van der Waals surface area (Å²) in [5.41, 5.74) is 1.69. The molecule has 0 amide bonds. The van der Waals surface area contributed by atoms with E-state index in [1.54, 1.807) is 20.8 Å². The summed E-state index contributed by atoms with van der Waals surface area (Å²) in [6.07, 6.45) is 4.35. The van der Waals surface area contributed by atoms with E-state index in [-0.39, 0.29) is 11.8 Å². The summed E-state index contributed by atoms with van der Waals surface area (Å²) in [6, 6.07) is 7.57. The Hall–Kier alpha value is -1.32. The van der Waals surface area contributed by atoms with Gasteiger partial charge in [0, 0.05) is 24.8 Å². The van der Waals surface area contributed by atoms with Gasteiger partial charge >= 0.3 is 0 Å². The van der Waals surface area contributed by atoms with Crippen LogP contribution in [-0.2, 0) is 20.0 Å². The predicted octanol–water partition coefficient (Wildman–Crippen LogP) is 2.92. The van der Waals surface area contributed by atoms with E-state index >= 15 is 0 Å². The fourth-order valence-electron chi connectivity index (χ4n) is 3.82. The molecule has 0 radical (unpaired) electrons. The van der Waals surface area contributed by atoms with E-state index in [9.17, 15) is 16.8 Å².